The highest BCUT2D eigenvalue weighted by molar-refractivity contribution is 5.92. The van der Waals surface area contributed by atoms with Crippen LogP contribution in [0.25, 0.3) is 21.8 Å². The minimum absolute atomic E-state index is 0.0237. The Kier molecular flexibility index (Phi) is 5.47. The second-order valence-electron chi connectivity index (χ2n) is 9.42. The first-order chi connectivity index (χ1) is 17.8. The van der Waals surface area contributed by atoms with Gasteiger partial charge < -0.3 is 5.32 Å². The summed E-state index contributed by atoms with van der Waals surface area (Å²) >= 11 is 0. The number of halogens is 3. The van der Waals surface area contributed by atoms with Crippen LogP contribution in [-0.2, 0) is 24.1 Å². The SMILES string of the molecule is Cc1nn(CC(=O)Nc2cnn(Cc3cccc4ccccc34)c2)c2nc(C3CC3)cc(C(F)(F)F)c12. The van der Waals surface area contributed by atoms with E-state index in [2.05, 4.69) is 38.7 Å². The molecule has 1 aliphatic carbocycles. The molecular formula is C27H23F3N6O. The molecule has 0 bridgehead atoms. The number of nitrogens with zero attached hydrogens (tertiary/aromatic N) is 5. The highest BCUT2D eigenvalue weighted by Crippen LogP contribution is 2.43. The highest BCUT2D eigenvalue weighted by atomic mass is 19.4. The van der Waals surface area contributed by atoms with Gasteiger partial charge >= 0.3 is 6.18 Å². The van der Waals surface area contributed by atoms with Crippen LogP contribution in [0.15, 0.2) is 60.9 Å². The van der Waals surface area contributed by atoms with E-state index in [1.165, 1.54) is 11.6 Å². The zero-order valence-electron chi connectivity index (χ0n) is 20.0. The van der Waals surface area contributed by atoms with Crippen molar-refractivity contribution in [3.05, 3.63) is 83.4 Å². The Bertz CT molecular complexity index is 1640. The minimum atomic E-state index is -4.54. The Balaban J connectivity index is 1.22. The topological polar surface area (TPSA) is 77.6 Å². The van der Waals surface area contributed by atoms with E-state index in [-0.39, 0.29) is 29.2 Å². The number of aromatic nitrogens is 5. The number of carbonyl (C=O) groups is 1. The van der Waals surface area contributed by atoms with Crippen LogP contribution in [0.3, 0.4) is 0 Å². The molecule has 0 unspecified atom stereocenters. The molecule has 1 saturated carbocycles. The first-order valence-corrected chi connectivity index (χ1v) is 12.0. The standard InChI is InChI=1S/C27H23F3N6O/c1-16-25-22(27(28,29)30)11-23(18-9-10-18)33-26(25)36(34-16)15-24(37)32-20-12-31-35(14-20)13-19-7-4-6-17-5-2-3-8-21(17)19/h2-8,11-12,14,18H,9-10,13,15H2,1H3,(H,32,37). The Morgan fingerprint density at radius 2 is 1.92 bits per heavy atom. The average Bonchev–Trinajstić information content (AvgIpc) is 3.55. The van der Waals surface area contributed by atoms with Gasteiger partial charge in [-0.2, -0.15) is 23.4 Å². The molecule has 188 valence electrons. The summed E-state index contributed by atoms with van der Waals surface area (Å²) < 4.78 is 44.4. The number of pyridine rings is 1. The van der Waals surface area contributed by atoms with E-state index < -0.39 is 17.6 Å². The third-order valence-corrected chi connectivity index (χ3v) is 6.62. The van der Waals surface area contributed by atoms with Crippen molar-refractivity contribution in [3.63, 3.8) is 0 Å². The van der Waals surface area contributed by atoms with Crippen LogP contribution in [0, 0.1) is 6.92 Å². The van der Waals surface area contributed by atoms with Crippen molar-refractivity contribution < 1.29 is 18.0 Å². The molecule has 37 heavy (non-hydrogen) atoms. The van der Waals surface area contributed by atoms with Gasteiger partial charge in [0, 0.05) is 17.8 Å². The molecule has 7 nitrogen and oxygen atoms in total. The second-order valence-corrected chi connectivity index (χ2v) is 9.42. The van der Waals surface area contributed by atoms with Gasteiger partial charge in [-0.15, -0.1) is 0 Å². The molecule has 1 amide bonds. The van der Waals surface area contributed by atoms with Crippen LogP contribution in [0.5, 0.6) is 0 Å². The summed E-state index contributed by atoms with van der Waals surface area (Å²) in [4.78, 5) is 17.3. The van der Waals surface area contributed by atoms with Crippen molar-refractivity contribution in [2.24, 2.45) is 0 Å². The van der Waals surface area contributed by atoms with Gasteiger partial charge in [-0.25, -0.2) is 9.67 Å². The summed E-state index contributed by atoms with van der Waals surface area (Å²) in [5.41, 5.74) is 1.50. The Hall–Kier alpha value is -4.21. The Morgan fingerprint density at radius 3 is 2.70 bits per heavy atom. The van der Waals surface area contributed by atoms with Gasteiger partial charge in [0.05, 0.1) is 35.1 Å². The highest BCUT2D eigenvalue weighted by Gasteiger charge is 2.37. The van der Waals surface area contributed by atoms with Gasteiger partial charge in [0.1, 0.15) is 6.54 Å². The number of amides is 1. The predicted octanol–water partition coefficient (Wildman–Crippen LogP) is 5.67. The van der Waals surface area contributed by atoms with Crippen molar-refractivity contribution in [1.82, 2.24) is 24.5 Å². The first kappa shape index (κ1) is 23.2. The Morgan fingerprint density at radius 1 is 1.14 bits per heavy atom. The fourth-order valence-corrected chi connectivity index (χ4v) is 4.75. The number of nitrogens with one attached hydrogen (secondary N) is 1. The van der Waals surface area contributed by atoms with E-state index >= 15 is 0 Å². The number of alkyl halides is 3. The van der Waals surface area contributed by atoms with Crippen LogP contribution in [0.2, 0.25) is 0 Å². The fraction of sp³-hybridized carbons (Fsp3) is 0.259. The van der Waals surface area contributed by atoms with Crippen LogP contribution in [0.1, 0.15) is 41.3 Å². The van der Waals surface area contributed by atoms with E-state index in [4.69, 9.17) is 0 Å². The second kappa shape index (κ2) is 8.72. The number of carbonyl (C=O) groups excluding carboxylic acids is 1. The molecule has 1 fully saturated rings. The molecule has 3 aromatic heterocycles. The molecule has 0 atom stereocenters. The lowest BCUT2D eigenvalue weighted by Gasteiger charge is -2.11. The maximum absolute atomic E-state index is 13.8. The van der Waals surface area contributed by atoms with Gasteiger partial charge in [0.25, 0.3) is 0 Å². The summed E-state index contributed by atoms with van der Waals surface area (Å²) in [6, 6.07) is 15.3. The molecule has 0 saturated heterocycles. The zero-order valence-corrected chi connectivity index (χ0v) is 20.0. The molecular weight excluding hydrogens is 481 g/mol. The number of aryl methyl sites for hydroxylation is 1. The number of fused-ring (bicyclic) bond motifs is 2. The van der Waals surface area contributed by atoms with Crippen molar-refractivity contribution in [2.45, 2.75) is 44.9 Å². The molecule has 6 rings (SSSR count). The predicted molar refractivity (Wildman–Crippen MR) is 133 cm³/mol. The third-order valence-electron chi connectivity index (χ3n) is 6.62. The lowest BCUT2D eigenvalue weighted by Crippen LogP contribution is -2.20. The number of hydrogen-bond acceptors (Lipinski definition) is 4. The summed E-state index contributed by atoms with van der Waals surface area (Å²) in [5.74, 6) is -0.406. The van der Waals surface area contributed by atoms with Crippen molar-refractivity contribution in [3.8, 4) is 0 Å². The van der Waals surface area contributed by atoms with Crippen molar-refractivity contribution >= 4 is 33.4 Å². The monoisotopic (exact) mass is 504 g/mol. The molecule has 5 aromatic rings. The van der Waals surface area contributed by atoms with Gasteiger partial charge in [0.2, 0.25) is 5.91 Å². The largest absolute Gasteiger partial charge is 0.417 e. The number of anilines is 1. The first-order valence-electron chi connectivity index (χ1n) is 12.0. The summed E-state index contributed by atoms with van der Waals surface area (Å²) in [5, 5.41) is 13.5. The van der Waals surface area contributed by atoms with Crippen LogP contribution in [-0.4, -0.2) is 30.5 Å². The maximum Gasteiger partial charge on any atom is 0.417 e. The maximum atomic E-state index is 13.8. The number of hydrogen-bond donors (Lipinski definition) is 1. The quantitative estimate of drug-likeness (QED) is 0.323. The Labute approximate surface area is 209 Å². The van der Waals surface area contributed by atoms with Gasteiger partial charge in [-0.05, 0) is 42.2 Å². The molecule has 1 aliphatic rings. The molecule has 0 aliphatic heterocycles. The van der Waals surface area contributed by atoms with Gasteiger partial charge in [-0.1, -0.05) is 42.5 Å². The van der Waals surface area contributed by atoms with Crippen molar-refractivity contribution in [1.29, 1.82) is 0 Å². The van der Waals surface area contributed by atoms with Gasteiger partial charge in [-0.3, -0.25) is 9.48 Å². The lowest BCUT2D eigenvalue weighted by atomic mass is 10.0. The summed E-state index contributed by atoms with van der Waals surface area (Å²) in [6.45, 7) is 1.76. The van der Waals surface area contributed by atoms with E-state index in [1.54, 1.807) is 17.1 Å². The average molecular weight is 505 g/mol. The van der Waals surface area contributed by atoms with Gasteiger partial charge in [0.15, 0.2) is 5.65 Å². The molecule has 10 heteroatoms. The zero-order chi connectivity index (χ0) is 25.7. The smallest absolute Gasteiger partial charge is 0.322 e. The molecule has 1 N–H and O–H groups in total. The molecule has 0 spiro atoms. The van der Waals surface area contributed by atoms with E-state index in [9.17, 15) is 18.0 Å². The lowest BCUT2D eigenvalue weighted by molar-refractivity contribution is -0.136. The fourth-order valence-electron chi connectivity index (χ4n) is 4.75. The molecule has 0 radical (unpaired) electrons. The van der Waals surface area contributed by atoms with Crippen LogP contribution < -0.4 is 5.32 Å². The van der Waals surface area contributed by atoms with Crippen LogP contribution >= 0.6 is 0 Å². The minimum Gasteiger partial charge on any atom is -0.322 e. The summed E-state index contributed by atoms with van der Waals surface area (Å²) in [7, 11) is 0. The van der Waals surface area contributed by atoms with Crippen LogP contribution in [0.4, 0.5) is 18.9 Å². The number of rotatable bonds is 6. The van der Waals surface area contributed by atoms with E-state index in [0.717, 1.165) is 35.2 Å². The molecule has 3 heterocycles. The van der Waals surface area contributed by atoms with Crippen molar-refractivity contribution in [2.75, 3.05) is 5.32 Å². The molecule has 2 aromatic carbocycles. The normalized spacial score (nSPS) is 13.9. The van der Waals surface area contributed by atoms with E-state index in [0.29, 0.717) is 17.9 Å². The summed E-state index contributed by atoms with van der Waals surface area (Å²) in [6.07, 6.45) is 0.348. The number of benzene rings is 2. The third kappa shape index (κ3) is 4.54. The van der Waals surface area contributed by atoms with E-state index in [1.807, 2.05) is 24.3 Å².